The Morgan fingerprint density at radius 3 is 2.34 bits per heavy atom. The van der Waals surface area contributed by atoms with Gasteiger partial charge in [0, 0.05) is 43.5 Å². The Morgan fingerprint density at radius 1 is 1.14 bits per heavy atom. The van der Waals surface area contributed by atoms with E-state index in [1.807, 2.05) is 19.1 Å². The Hall–Kier alpha value is -3.09. The van der Waals surface area contributed by atoms with Gasteiger partial charge in [0.05, 0.1) is 19.8 Å². The summed E-state index contributed by atoms with van der Waals surface area (Å²) in [5, 5.41) is 3.02. The molecule has 2 amide bonds. The zero-order valence-corrected chi connectivity index (χ0v) is 17.1. The molecule has 7 heteroatoms. The quantitative estimate of drug-likeness (QED) is 0.811. The summed E-state index contributed by atoms with van der Waals surface area (Å²) < 4.78 is 10.6. The van der Waals surface area contributed by atoms with E-state index in [2.05, 4.69) is 10.3 Å². The number of likely N-dealkylation sites (tertiary alicyclic amines) is 1. The molecule has 0 bridgehead atoms. The molecule has 0 radical (unpaired) electrons. The molecule has 29 heavy (non-hydrogen) atoms. The van der Waals surface area contributed by atoms with E-state index in [9.17, 15) is 9.59 Å². The monoisotopic (exact) mass is 397 g/mol. The predicted octanol–water partition coefficient (Wildman–Crippen LogP) is 2.66. The van der Waals surface area contributed by atoms with Gasteiger partial charge in [-0.15, -0.1) is 0 Å². The number of amides is 2. The lowest BCUT2D eigenvalue weighted by Crippen LogP contribution is -2.48. The van der Waals surface area contributed by atoms with Gasteiger partial charge in [0.1, 0.15) is 11.5 Å². The lowest BCUT2D eigenvalue weighted by molar-refractivity contribution is -0.132. The van der Waals surface area contributed by atoms with Crippen molar-refractivity contribution < 1.29 is 19.1 Å². The number of hydrogen-bond donors (Lipinski definition) is 1. The van der Waals surface area contributed by atoms with Crippen molar-refractivity contribution in [3.05, 3.63) is 53.9 Å². The van der Waals surface area contributed by atoms with E-state index in [-0.39, 0.29) is 11.8 Å². The van der Waals surface area contributed by atoms with Crippen molar-refractivity contribution >= 4 is 11.8 Å². The predicted molar refractivity (Wildman–Crippen MR) is 109 cm³/mol. The third-order valence-electron chi connectivity index (χ3n) is 5.48. The number of nitrogens with one attached hydrogen (secondary N) is 1. The first kappa shape index (κ1) is 20.6. The number of benzene rings is 1. The number of methoxy groups -OCH3 is 2. The van der Waals surface area contributed by atoms with Crippen LogP contribution in [0, 0.1) is 5.41 Å². The van der Waals surface area contributed by atoms with Crippen molar-refractivity contribution in [2.75, 3.05) is 27.3 Å². The highest BCUT2D eigenvalue weighted by molar-refractivity contribution is 5.94. The average Bonchev–Trinajstić information content (AvgIpc) is 2.77. The summed E-state index contributed by atoms with van der Waals surface area (Å²) in [7, 11) is 3.19. The van der Waals surface area contributed by atoms with Crippen LogP contribution >= 0.6 is 0 Å². The van der Waals surface area contributed by atoms with Gasteiger partial charge in [-0.25, -0.2) is 0 Å². The van der Waals surface area contributed by atoms with E-state index in [0.29, 0.717) is 49.5 Å². The van der Waals surface area contributed by atoms with E-state index < -0.39 is 5.41 Å². The minimum atomic E-state index is -0.505. The molecule has 154 valence electrons. The second-order valence-electron chi connectivity index (χ2n) is 7.50. The Balaban J connectivity index is 1.57. The fraction of sp³-hybridized carbons (Fsp3) is 0.409. The molecule has 0 atom stereocenters. The maximum absolute atomic E-state index is 12.9. The SMILES string of the molecule is COc1cc(CNC(=O)C2(C)CCN(C(=O)c3cccnc3)CC2)cc(OC)c1. The zero-order valence-electron chi connectivity index (χ0n) is 17.1. The maximum Gasteiger partial charge on any atom is 0.255 e. The molecule has 1 aromatic carbocycles. The number of pyridine rings is 1. The van der Waals surface area contributed by atoms with Gasteiger partial charge in [-0.05, 0) is 42.7 Å². The lowest BCUT2D eigenvalue weighted by atomic mass is 9.79. The molecule has 3 rings (SSSR count). The minimum Gasteiger partial charge on any atom is -0.497 e. The second-order valence-corrected chi connectivity index (χ2v) is 7.50. The lowest BCUT2D eigenvalue weighted by Gasteiger charge is -2.38. The van der Waals surface area contributed by atoms with Crippen LogP contribution in [0.2, 0.25) is 0 Å². The van der Waals surface area contributed by atoms with E-state index in [4.69, 9.17) is 9.47 Å². The normalized spacial score (nSPS) is 15.5. The van der Waals surface area contributed by atoms with Crippen LogP contribution in [0.25, 0.3) is 0 Å². The van der Waals surface area contributed by atoms with Gasteiger partial charge in [-0.1, -0.05) is 6.92 Å². The van der Waals surface area contributed by atoms with Crippen molar-refractivity contribution in [1.29, 1.82) is 0 Å². The maximum atomic E-state index is 12.9. The summed E-state index contributed by atoms with van der Waals surface area (Å²) in [5.41, 5.74) is 0.976. The molecular formula is C22H27N3O4. The molecule has 0 aliphatic carbocycles. The minimum absolute atomic E-state index is 0.00670. The first-order valence-electron chi connectivity index (χ1n) is 9.65. The number of nitrogens with zero attached hydrogens (tertiary/aromatic N) is 2. The number of carbonyl (C=O) groups is 2. The summed E-state index contributed by atoms with van der Waals surface area (Å²) in [6.07, 6.45) is 4.45. The number of aromatic nitrogens is 1. The Labute approximate surface area is 171 Å². The van der Waals surface area contributed by atoms with Gasteiger partial charge in [0.2, 0.25) is 5.91 Å². The van der Waals surface area contributed by atoms with Crippen LogP contribution in [0.3, 0.4) is 0 Å². The standard InChI is InChI=1S/C22H27N3O4/c1-22(6-9-25(10-7-22)20(26)17-5-4-8-23-15-17)21(27)24-14-16-11-18(28-2)13-19(12-16)29-3/h4-5,8,11-13,15H,6-7,9-10,14H2,1-3H3,(H,24,27). The summed E-state index contributed by atoms with van der Waals surface area (Å²) in [4.78, 5) is 31.2. The smallest absolute Gasteiger partial charge is 0.255 e. The first-order chi connectivity index (χ1) is 13.9. The van der Waals surface area contributed by atoms with Gasteiger partial charge < -0.3 is 19.7 Å². The molecule has 2 heterocycles. The highest BCUT2D eigenvalue weighted by Crippen LogP contribution is 2.32. The Kier molecular flexibility index (Phi) is 6.36. The molecular weight excluding hydrogens is 370 g/mol. The summed E-state index contributed by atoms with van der Waals surface area (Å²) in [6, 6.07) is 9.06. The molecule has 7 nitrogen and oxygen atoms in total. The molecule has 1 saturated heterocycles. The summed E-state index contributed by atoms with van der Waals surface area (Å²) >= 11 is 0. The Bertz CT molecular complexity index is 839. The average molecular weight is 397 g/mol. The number of carbonyl (C=O) groups excluding carboxylic acids is 2. The molecule has 2 aromatic rings. The van der Waals surface area contributed by atoms with Gasteiger partial charge in [-0.2, -0.15) is 0 Å². The summed E-state index contributed by atoms with van der Waals surface area (Å²) in [5.74, 6) is 1.32. The van der Waals surface area contributed by atoms with E-state index in [0.717, 1.165) is 5.56 Å². The van der Waals surface area contributed by atoms with Crippen LogP contribution in [-0.2, 0) is 11.3 Å². The molecule has 1 aliphatic heterocycles. The van der Waals surface area contributed by atoms with Gasteiger partial charge in [-0.3, -0.25) is 14.6 Å². The van der Waals surface area contributed by atoms with Crippen molar-refractivity contribution in [2.45, 2.75) is 26.3 Å². The second kappa shape index (κ2) is 8.94. The van der Waals surface area contributed by atoms with Gasteiger partial charge >= 0.3 is 0 Å². The number of hydrogen-bond acceptors (Lipinski definition) is 5. The van der Waals surface area contributed by atoms with Crippen LogP contribution in [0.15, 0.2) is 42.7 Å². The molecule has 0 unspecified atom stereocenters. The molecule has 1 fully saturated rings. The van der Waals surface area contributed by atoms with Crippen molar-refractivity contribution in [1.82, 2.24) is 15.2 Å². The van der Waals surface area contributed by atoms with Crippen LogP contribution in [-0.4, -0.2) is 49.0 Å². The topological polar surface area (TPSA) is 80.8 Å². The van der Waals surface area contributed by atoms with Crippen LogP contribution in [0.4, 0.5) is 0 Å². The van der Waals surface area contributed by atoms with E-state index >= 15 is 0 Å². The molecule has 0 saturated carbocycles. The zero-order chi connectivity index (χ0) is 20.9. The fourth-order valence-electron chi connectivity index (χ4n) is 3.47. The number of piperidine rings is 1. The van der Waals surface area contributed by atoms with Crippen LogP contribution in [0.1, 0.15) is 35.7 Å². The first-order valence-corrected chi connectivity index (χ1v) is 9.65. The van der Waals surface area contributed by atoms with Crippen molar-refractivity contribution in [3.8, 4) is 11.5 Å². The fourth-order valence-corrected chi connectivity index (χ4v) is 3.47. The van der Waals surface area contributed by atoms with Gasteiger partial charge in [0.15, 0.2) is 0 Å². The third-order valence-corrected chi connectivity index (χ3v) is 5.48. The molecule has 1 aromatic heterocycles. The molecule has 1 aliphatic rings. The Morgan fingerprint density at radius 2 is 1.79 bits per heavy atom. The highest BCUT2D eigenvalue weighted by atomic mass is 16.5. The number of ether oxygens (including phenoxy) is 2. The summed E-state index contributed by atoms with van der Waals surface area (Å²) in [6.45, 7) is 3.44. The van der Waals surface area contributed by atoms with Gasteiger partial charge in [0.25, 0.3) is 5.91 Å². The largest absolute Gasteiger partial charge is 0.497 e. The molecule has 0 spiro atoms. The van der Waals surface area contributed by atoms with Crippen molar-refractivity contribution in [2.24, 2.45) is 5.41 Å². The van der Waals surface area contributed by atoms with E-state index in [1.165, 1.54) is 0 Å². The highest BCUT2D eigenvalue weighted by Gasteiger charge is 2.38. The van der Waals surface area contributed by atoms with Crippen LogP contribution in [0.5, 0.6) is 11.5 Å². The van der Waals surface area contributed by atoms with E-state index in [1.54, 1.807) is 49.7 Å². The molecule has 1 N–H and O–H groups in total. The van der Waals surface area contributed by atoms with Crippen molar-refractivity contribution in [3.63, 3.8) is 0 Å². The number of rotatable bonds is 6. The van der Waals surface area contributed by atoms with Crippen LogP contribution < -0.4 is 14.8 Å². The third kappa shape index (κ3) is 4.85.